The molecular formula is C23H25NO3. The van der Waals surface area contributed by atoms with Crippen molar-refractivity contribution in [2.45, 2.75) is 19.1 Å². The second-order valence-corrected chi connectivity index (χ2v) is 6.36. The number of aliphatic hydroxyl groups is 1. The Kier molecular flexibility index (Phi) is 6.34. The lowest BCUT2D eigenvalue weighted by Gasteiger charge is -2.30. The van der Waals surface area contributed by atoms with Crippen molar-refractivity contribution in [3.05, 3.63) is 90.0 Å². The maximum absolute atomic E-state index is 10.1. The third-order valence-corrected chi connectivity index (χ3v) is 4.52. The molecule has 4 heteroatoms. The second-order valence-electron chi connectivity index (χ2n) is 6.36. The molecule has 27 heavy (non-hydrogen) atoms. The molecule has 0 aromatic heterocycles. The maximum Gasteiger partial charge on any atom is 0.146 e. The summed E-state index contributed by atoms with van der Waals surface area (Å²) in [6.07, 6.45) is -0.449. The summed E-state index contributed by atoms with van der Waals surface area (Å²) in [5.74, 6) is 1.53. The van der Waals surface area contributed by atoms with Gasteiger partial charge in [-0.3, -0.25) is 0 Å². The number of anilines is 1. The summed E-state index contributed by atoms with van der Waals surface area (Å²) in [7, 11) is 1.65. The van der Waals surface area contributed by atoms with Gasteiger partial charge in [0.25, 0.3) is 0 Å². The first kappa shape index (κ1) is 18.8. The summed E-state index contributed by atoms with van der Waals surface area (Å²) in [4.78, 5) is 0. The molecule has 0 fully saturated rings. The van der Waals surface area contributed by atoms with E-state index >= 15 is 0 Å². The Morgan fingerprint density at radius 3 is 2.15 bits per heavy atom. The van der Waals surface area contributed by atoms with Gasteiger partial charge < -0.3 is 19.9 Å². The summed E-state index contributed by atoms with van der Waals surface area (Å²) < 4.78 is 11.3. The van der Waals surface area contributed by atoms with E-state index in [-0.39, 0.29) is 12.6 Å². The predicted octanol–water partition coefficient (Wildman–Crippen LogP) is 4.60. The molecule has 0 aliphatic rings. The minimum atomic E-state index is -0.449. The fraction of sp³-hybridized carbons (Fsp3) is 0.217. The number of aryl methyl sites for hydroxylation is 1. The molecule has 0 amide bonds. The first-order valence-electron chi connectivity index (χ1n) is 9.00. The molecule has 3 aromatic rings. The lowest BCUT2D eigenvalue weighted by Crippen LogP contribution is -2.34. The average Bonchev–Trinajstić information content (AvgIpc) is 2.72. The molecule has 0 aliphatic heterocycles. The quantitative estimate of drug-likeness (QED) is 0.614. The van der Waals surface area contributed by atoms with Crippen LogP contribution in [-0.4, -0.2) is 24.9 Å². The van der Waals surface area contributed by atoms with Gasteiger partial charge in [0.2, 0.25) is 0 Å². The van der Waals surface area contributed by atoms with Gasteiger partial charge >= 0.3 is 0 Å². The Bertz CT molecular complexity index is 834. The number of methoxy groups -OCH3 is 1. The van der Waals surface area contributed by atoms with E-state index in [1.807, 2.05) is 66.7 Å². The highest BCUT2D eigenvalue weighted by Crippen LogP contribution is 2.29. The number of para-hydroxylation sites is 1. The van der Waals surface area contributed by atoms with Crippen molar-refractivity contribution in [2.75, 3.05) is 19.0 Å². The van der Waals surface area contributed by atoms with Crippen LogP contribution in [0, 0.1) is 6.92 Å². The molecule has 0 heterocycles. The molecule has 0 radical (unpaired) electrons. The van der Waals surface area contributed by atoms with Crippen LogP contribution in [0.2, 0.25) is 0 Å². The minimum absolute atomic E-state index is 0.114. The van der Waals surface area contributed by atoms with Gasteiger partial charge in [0, 0.05) is 5.69 Å². The van der Waals surface area contributed by atoms with Crippen LogP contribution in [0.5, 0.6) is 11.5 Å². The fourth-order valence-electron chi connectivity index (χ4n) is 3.06. The molecule has 140 valence electrons. The van der Waals surface area contributed by atoms with Gasteiger partial charge in [-0.25, -0.2) is 0 Å². The Balaban J connectivity index is 1.91. The molecule has 2 N–H and O–H groups in total. The van der Waals surface area contributed by atoms with E-state index in [4.69, 9.17) is 9.47 Å². The smallest absolute Gasteiger partial charge is 0.146 e. The van der Waals surface area contributed by atoms with Crippen LogP contribution < -0.4 is 14.8 Å². The van der Waals surface area contributed by atoms with E-state index in [0.717, 1.165) is 28.3 Å². The topological polar surface area (TPSA) is 50.7 Å². The van der Waals surface area contributed by atoms with Crippen molar-refractivity contribution in [3.8, 4) is 11.5 Å². The van der Waals surface area contributed by atoms with Crippen molar-refractivity contribution in [1.29, 1.82) is 0 Å². The van der Waals surface area contributed by atoms with Crippen LogP contribution in [0.3, 0.4) is 0 Å². The highest BCUT2D eigenvalue weighted by atomic mass is 16.5. The molecule has 0 aliphatic carbocycles. The van der Waals surface area contributed by atoms with Gasteiger partial charge in [-0.15, -0.1) is 0 Å². The largest absolute Gasteiger partial charge is 0.497 e. The van der Waals surface area contributed by atoms with Crippen LogP contribution in [0.4, 0.5) is 5.69 Å². The highest BCUT2D eigenvalue weighted by molar-refractivity contribution is 5.49. The summed E-state index contributed by atoms with van der Waals surface area (Å²) >= 11 is 0. The van der Waals surface area contributed by atoms with Crippen LogP contribution in [0.25, 0.3) is 0 Å². The molecule has 0 spiro atoms. The van der Waals surface area contributed by atoms with Gasteiger partial charge in [0.15, 0.2) is 0 Å². The molecule has 0 saturated carbocycles. The Morgan fingerprint density at radius 1 is 0.852 bits per heavy atom. The number of aliphatic hydroxyl groups excluding tert-OH is 1. The third-order valence-electron chi connectivity index (χ3n) is 4.52. The lowest BCUT2D eigenvalue weighted by molar-refractivity contribution is 0.0996. The highest BCUT2D eigenvalue weighted by Gasteiger charge is 2.26. The molecule has 2 atom stereocenters. The van der Waals surface area contributed by atoms with Gasteiger partial charge in [-0.1, -0.05) is 42.5 Å². The van der Waals surface area contributed by atoms with Gasteiger partial charge in [-0.05, 0) is 54.4 Å². The molecule has 3 rings (SSSR count). The molecule has 0 bridgehead atoms. The van der Waals surface area contributed by atoms with E-state index in [9.17, 15) is 5.11 Å². The summed E-state index contributed by atoms with van der Waals surface area (Å²) in [6.45, 7) is 1.95. The van der Waals surface area contributed by atoms with Crippen LogP contribution in [0.1, 0.15) is 17.2 Å². The standard InChI is InChI=1S/C23H25NO3/c1-17-8-6-7-11-21(17)23(24-18-12-14-19(26-2)15-13-18)22(16-25)27-20-9-4-3-5-10-20/h3-15,22-25H,16H2,1-2H3/t22-,23+/m0/s1. The number of nitrogens with one attached hydrogen (secondary N) is 1. The van der Waals surface area contributed by atoms with Crippen molar-refractivity contribution >= 4 is 5.69 Å². The van der Waals surface area contributed by atoms with Gasteiger partial charge in [-0.2, -0.15) is 0 Å². The van der Waals surface area contributed by atoms with E-state index in [0.29, 0.717) is 0 Å². The number of benzene rings is 3. The second kappa shape index (κ2) is 9.10. The van der Waals surface area contributed by atoms with Gasteiger partial charge in [0.1, 0.15) is 17.6 Å². The monoisotopic (exact) mass is 363 g/mol. The van der Waals surface area contributed by atoms with Crippen LogP contribution in [0.15, 0.2) is 78.9 Å². The van der Waals surface area contributed by atoms with E-state index in [1.54, 1.807) is 7.11 Å². The fourth-order valence-corrected chi connectivity index (χ4v) is 3.06. The van der Waals surface area contributed by atoms with Gasteiger partial charge in [0.05, 0.1) is 19.8 Å². The van der Waals surface area contributed by atoms with E-state index in [1.165, 1.54) is 0 Å². The summed E-state index contributed by atoms with van der Waals surface area (Å²) in [5, 5.41) is 13.6. The van der Waals surface area contributed by atoms with Crippen molar-refractivity contribution in [1.82, 2.24) is 0 Å². The Morgan fingerprint density at radius 2 is 1.52 bits per heavy atom. The number of hydrogen-bond acceptors (Lipinski definition) is 4. The lowest BCUT2D eigenvalue weighted by atomic mass is 9.96. The molecular weight excluding hydrogens is 338 g/mol. The van der Waals surface area contributed by atoms with Crippen molar-refractivity contribution in [2.24, 2.45) is 0 Å². The molecule has 3 aromatic carbocycles. The van der Waals surface area contributed by atoms with E-state index in [2.05, 4.69) is 24.4 Å². The van der Waals surface area contributed by atoms with E-state index < -0.39 is 6.10 Å². The first-order chi connectivity index (χ1) is 13.2. The minimum Gasteiger partial charge on any atom is -0.497 e. The zero-order chi connectivity index (χ0) is 19.1. The predicted molar refractivity (Wildman–Crippen MR) is 108 cm³/mol. The first-order valence-corrected chi connectivity index (χ1v) is 9.00. The number of rotatable bonds is 8. The summed E-state index contributed by atoms with van der Waals surface area (Å²) in [5.41, 5.74) is 3.15. The van der Waals surface area contributed by atoms with Crippen LogP contribution in [-0.2, 0) is 0 Å². The Hall–Kier alpha value is -2.98. The van der Waals surface area contributed by atoms with Crippen molar-refractivity contribution in [3.63, 3.8) is 0 Å². The van der Waals surface area contributed by atoms with Crippen molar-refractivity contribution < 1.29 is 14.6 Å². The summed E-state index contributed by atoms with van der Waals surface area (Å²) in [6, 6.07) is 25.2. The third kappa shape index (κ3) is 4.80. The zero-order valence-corrected chi connectivity index (χ0v) is 15.6. The maximum atomic E-state index is 10.1. The number of hydrogen-bond donors (Lipinski definition) is 2. The zero-order valence-electron chi connectivity index (χ0n) is 15.6. The molecule has 0 unspecified atom stereocenters. The number of ether oxygens (including phenoxy) is 2. The normalized spacial score (nSPS) is 12.9. The molecule has 0 saturated heterocycles. The molecule has 4 nitrogen and oxygen atoms in total. The average molecular weight is 363 g/mol. The SMILES string of the molecule is COc1ccc(N[C@H](c2ccccc2C)[C@H](CO)Oc2ccccc2)cc1. The van der Waals surface area contributed by atoms with Crippen LogP contribution >= 0.6 is 0 Å². The Labute approximate surface area is 160 Å².